The van der Waals surface area contributed by atoms with Crippen molar-refractivity contribution in [2.45, 2.75) is 33.1 Å². The molecule has 78 valence electrons. The van der Waals surface area contributed by atoms with Crippen molar-refractivity contribution in [3.05, 3.63) is 5.01 Å². The van der Waals surface area contributed by atoms with E-state index in [0.29, 0.717) is 5.92 Å². The predicted octanol–water partition coefficient (Wildman–Crippen LogP) is 2.56. The lowest BCUT2D eigenvalue weighted by Crippen LogP contribution is -2.02. The molecule has 1 saturated carbocycles. The van der Waals surface area contributed by atoms with Gasteiger partial charge in [-0.05, 0) is 24.7 Å². The third-order valence-electron chi connectivity index (χ3n) is 2.29. The molecule has 0 spiro atoms. The van der Waals surface area contributed by atoms with Gasteiger partial charge < -0.3 is 5.32 Å². The molecule has 4 heteroatoms. The Bertz CT molecular complexity index is 291. The number of rotatable bonds is 5. The second-order valence-corrected chi connectivity index (χ2v) is 5.49. The molecule has 0 atom stereocenters. The zero-order chi connectivity index (χ0) is 9.97. The number of nitrogens with one attached hydrogen (secondary N) is 1. The van der Waals surface area contributed by atoms with Gasteiger partial charge in [0.2, 0.25) is 5.13 Å². The minimum Gasteiger partial charge on any atom is -0.360 e. The molecular weight excluding hydrogens is 194 g/mol. The number of hydrogen-bond acceptors (Lipinski definition) is 4. The van der Waals surface area contributed by atoms with Gasteiger partial charge in [0.25, 0.3) is 0 Å². The van der Waals surface area contributed by atoms with E-state index in [0.717, 1.165) is 29.0 Å². The van der Waals surface area contributed by atoms with Crippen molar-refractivity contribution in [2.24, 2.45) is 11.8 Å². The van der Waals surface area contributed by atoms with Gasteiger partial charge in [0, 0.05) is 13.0 Å². The van der Waals surface area contributed by atoms with E-state index in [1.807, 2.05) is 0 Å². The molecule has 0 saturated heterocycles. The normalized spacial score (nSPS) is 16.2. The van der Waals surface area contributed by atoms with E-state index in [9.17, 15) is 0 Å². The fourth-order valence-corrected chi connectivity index (χ4v) is 2.27. The number of aromatic nitrogens is 2. The van der Waals surface area contributed by atoms with Crippen LogP contribution >= 0.6 is 11.3 Å². The van der Waals surface area contributed by atoms with Gasteiger partial charge in [-0.25, -0.2) is 0 Å². The van der Waals surface area contributed by atoms with Crippen LogP contribution in [-0.2, 0) is 6.42 Å². The van der Waals surface area contributed by atoms with Gasteiger partial charge in [-0.2, -0.15) is 0 Å². The molecule has 0 aliphatic heterocycles. The highest BCUT2D eigenvalue weighted by molar-refractivity contribution is 7.15. The van der Waals surface area contributed by atoms with Gasteiger partial charge in [-0.3, -0.25) is 0 Å². The zero-order valence-corrected chi connectivity index (χ0v) is 9.60. The van der Waals surface area contributed by atoms with E-state index < -0.39 is 0 Å². The highest BCUT2D eigenvalue weighted by atomic mass is 32.1. The van der Waals surface area contributed by atoms with E-state index >= 15 is 0 Å². The Hall–Kier alpha value is -0.640. The molecule has 1 aliphatic carbocycles. The molecule has 1 aromatic heterocycles. The second kappa shape index (κ2) is 4.26. The highest BCUT2D eigenvalue weighted by Gasteiger charge is 2.21. The fraction of sp³-hybridized carbons (Fsp3) is 0.800. The Kier molecular flexibility index (Phi) is 3.01. The van der Waals surface area contributed by atoms with Gasteiger partial charge in [0.15, 0.2) is 0 Å². The molecule has 0 radical (unpaired) electrons. The van der Waals surface area contributed by atoms with E-state index in [1.54, 1.807) is 11.3 Å². The summed E-state index contributed by atoms with van der Waals surface area (Å²) >= 11 is 1.70. The van der Waals surface area contributed by atoms with E-state index in [-0.39, 0.29) is 0 Å². The first-order valence-electron chi connectivity index (χ1n) is 5.30. The largest absolute Gasteiger partial charge is 0.360 e. The second-order valence-electron chi connectivity index (χ2n) is 4.42. The van der Waals surface area contributed by atoms with Gasteiger partial charge >= 0.3 is 0 Å². The van der Waals surface area contributed by atoms with Crippen molar-refractivity contribution in [1.29, 1.82) is 0 Å². The molecule has 3 nitrogen and oxygen atoms in total. The van der Waals surface area contributed by atoms with Gasteiger partial charge in [-0.1, -0.05) is 25.2 Å². The smallest absolute Gasteiger partial charge is 0.205 e. The lowest BCUT2D eigenvalue weighted by Gasteiger charge is -1.98. The quantitative estimate of drug-likeness (QED) is 0.813. The standard InChI is InChI=1S/C10H17N3S/c1-7(2)5-9-12-13-10(14-9)11-6-8-3-4-8/h7-8H,3-6H2,1-2H3,(H,11,13). The molecule has 0 unspecified atom stereocenters. The van der Waals surface area contributed by atoms with Gasteiger partial charge in [0.1, 0.15) is 5.01 Å². The van der Waals surface area contributed by atoms with Crippen molar-refractivity contribution in [3.8, 4) is 0 Å². The topological polar surface area (TPSA) is 37.8 Å². The predicted molar refractivity (Wildman–Crippen MR) is 59.7 cm³/mol. The van der Waals surface area contributed by atoms with Gasteiger partial charge in [0.05, 0.1) is 0 Å². The third kappa shape index (κ3) is 2.94. The monoisotopic (exact) mass is 211 g/mol. The Labute approximate surface area is 88.9 Å². The van der Waals surface area contributed by atoms with E-state index in [2.05, 4.69) is 29.4 Å². The van der Waals surface area contributed by atoms with Crippen molar-refractivity contribution < 1.29 is 0 Å². The van der Waals surface area contributed by atoms with Crippen molar-refractivity contribution >= 4 is 16.5 Å². The minimum absolute atomic E-state index is 0.666. The summed E-state index contributed by atoms with van der Waals surface area (Å²) in [7, 11) is 0. The first kappa shape index (κ1) is 9.90. The maximum atomic E-state index is 4.16. The molecule has 1 heterocycles. The zero-order valence-electron chi connectivity index (χ0n) is 8.79. The van der Waals surface area contributed by atoms with Crippen molar-refractivity contribution in [3.63, 3.8) is 0 Å². The minimum atomic E-state index is 0.666. The lowest BCUT2D eigenvalue weighted by atomic mass is 10.1. The molecule has 1 N–H and O–H groups in total. The Morgan fingerprint density at radius 3 is 2.86 bits per heavy atom. The molecule has 0 aromatic carbocycles. The van der Waals surface area contributed by atoms with Crippen LogP contribution in [0.25, 0.3) is 0 Å². The summed E-state index contributed by atoms with van der Waals surface area (Å²) in [5.74, 6) is 1.56. The number of anilines is 1. The summed E-state index contributed by atoms with van der Waals surface area (Å²) in [6.07, 6.45) is 3.80. The van der Waals surface area contributed by atoms with Crippen LogP contribution in [-0.4, -0.2) is 16.7 Å². The fourth-order valence-electron chi connectivity index (χ4n) is 1.31. The Morgan fingerprint density at radius 1 is 1.43 bits per heavy atom. The first-order valence-corrected chi connectivity index (χ1v) is 6.12. The number of nitrogens with zero attached hydrogens (tertiary/aromatic N) is 2. The maximum absolute atomic E-state index is 4.16. The van der Waals surface area contributed by atoms with Crippen LogP contribution in [0, 0.1) is 11.8 Å². The van der Waals surface area contributed by atoms with E-state index in [1.165, 1.54) is 12.8 Å². The summed E-state index contributed by atoms with van der Waals surface area (Å²) in [4.78, 5) is 0. The summed E-state index contributed by atoms with van der Waals surface area (Å²) < 4.78 is 0. The molecule has 2 rings (SSSR count). The van der Waals surface area contributed by atoms with Crippen LogP contribution in [0.2, 0.25) is 0 Å². The maximum Gasteiger partial charge on any atom is 0.205 e. The van der Waals surface area contributed by atoms with Gasteiger partial charge in [-0.15, -0.1) is 10.2 Å². The van der Waals surface area contributed by atoms with Crippen molar-refractivity contribution in [2.75, 3.05) is 11.9 Å². The van der Waals surface area contributed by atoms with Crippen LogP contribution in [0.3, 0.4) is 0 Å². The SMILES string of the molecule is CC(C)Cc1nnc(NCC2CC2)s1. The third-order valence-corrected chi connectivity index (χ3v) is 3.19. The van der Waals surface area contributed by atoms with Crippen LogP contribution in [0.4, 0.5) is 5.13 Å². The molecule has 1 aromatic rings. The molecule has 1 aliphatic rings. The molecule has 1 fully saturated rings. The van der Waals surface area contributed by atoms with Crippen LogP contribution < -0.4 is 5.32 Å². The Balaban J connectivity index is 1.81. The molecular formula is C10H17N3S. The average molecular weight is 211 g/mol. The van der Waals surface area contributed by atoms with Crippen LogP contribution in [0.1, 0.15) is 31.7 Å². The summed E-state index contributed by atoms with van der Waals surface area (Å²) in [5.41, 5.74) is 0. The lowest BCUT2D eigenvalue weighted by molar-refractivity contribution is 0.640. The van der Waals surface area contributed by atoms with Crippen LogP contribution in [0.15, 0.2) is 0 Å². The number of hydrogen-bond donors (Lipinski definition) is 1. The van der Waals surface area contributed by atoms with Crippen molar-refractivity contribution in [1.82, 2.24) is 10.2 Å². The highest BCUT2D eigenvalue weighted by Crippen LogP contribution is 2.29. The Morgan fingerprint density at radius 2 is 2.21 bits per heavy atom. The average Bonchev–Trinajstić information content (AvgIpc) is 2.84. The first-order chi connectivity index (χ1) is 6.74. The summed E-state index contributed by atoms with van der Waals surface area (Å²) in [6.45, 7) is 5.49. The van der Waals surface area contributed by atoms with Crippen LogP contribution in [0.5, 0.6) is 0 Å². The van der Waals surface area contributed by atoms with E-state index in [4.69, 9.17) is 0 Å². The molecule has 0 amide bonds. The molecule has 0 bridgehead atoms. The summed E-state index contributed by atoms with van der Waals surface area (Å²) in [5, 5.41) is 13.8. The molecule has 14 heavy (non-hydrogen) atoms. The summed E-state index contributed by atoms with van der Waals surface area (Å²) in [6, 6.07) is 0.